The zero-order valence-electron chi connectivity index (χ0n) is 10.5. The van der Waals surface area contributed by atoms with E-state index < -0.39 is 10.0 Å². The van der Waals surface area contributed by atoms with Crippen molar-refractivity contribution in [2.45, 2.75) is 24.3 Å². The summed E-state index contributed by atoms with van der Waals surface area (Å²) in [5, 5.41) is 0. The minimum atomic E-state index is -3.35. The zero-order chi connectivity index (χ0) is 13.2. The van der Waals surface area contributed by atoms with Crippen LogP contribution >= 0.6 is 0 Å². The highest BCUT2D eigenvalue weighted by Gasteiger charge is 2.20. The Labute approximate surface area is 108 Å². The third-order valence-corrected chi connectivity index (χ3v) is 4.63. The van der Waals surface area contributed by atoms with Gasteiger partial charge in [-0.15, -0.1) is 0 Å². The van der Waals surface area contributed by atoms with Crippen LogP contribution in [0.15, 0.2) is 29.2 Å². The van der Waals surface area contributed by atoms with E-state index in [1.165, 1.54) is 0 Å². The van der Waals surface area contributed by atoms with Crippen molar-refractivity contribution in [1.82, 2.24) is 4.72 Å². The SMILES string of the molecule is CCNS(=O)(=O)c1ccc(N2CCC(N)C2)cc1. The lowest BCUT2D eigenvalue weighted by atomic mass is 10.3. The standard InChI is InChI=1S/C12H19N3O2S/c1-2-14-18(16,17)12-5-3-11(4-6-12)15-8-7-10(13)9-15/h3-6,10,14H,2,7-9,13H2,1H3. The number of nitrogens with one attached hydrogen (secondary N) is 1. The maximum absolute atomic E-state index is 11.8. The van der Waals surface area contributed by atoms with Crippen molar-refractivity contribution in [3.05, 3.63) is 24.3 Å². The van der Waals surface area contributed by atoms with E-state index in [2.05, 4.69) is 9.62 Å². The fraction of sp³-hybridized carbons (Fsp3) is 0.500. The maximum Gasteiger partial charge on any atom is 0.240 e. The molecule has 1 aliphatic heterocycles. The molecule has 100 valence electrons. The van der Waals surface area contributed by atoms with Gasteiger partial charge < -0.3 is 10.6 Å². The van der Waals surface area contributed by atoms with Crippen molar-refractivity contribution < 1.29 is 8.42 Å². The van der Waals surface area contributed by atoms with Crippen molar-refractivity contribution in [3.8, 4) is 0 Å². The molecule has 1 aliphatic rings. The first kappa shape index (κ1) is 13.3. The molecule has 0 amide bonds. The van der Waals surface area contributed by atoms with Gasteiger partial charge in [0.15, 0.2) is 0 Å². The molecule has 0 radical (unpaired) electrons. The van der Waals surface area contributed by atoms with Crippen LogP contribution in [0.1, 0.15) is 13.3 Å². The Morgan fingerprint density at radius 3 is 2.56 bits per heavy atom. The largest absolute Gasteiger partial charge is 0.370 e. The highest BCUT2D eigenvalue weighted by molar-refractivity contribution is 7.89. The molecule has 0 spiro atoms. The van der Waals surface area contributed by atoms with E-state index >= 15 is 0 Å². The highest BCUT2D eigenvalue weighted by atomic mass is 32.2. The van der Waals surface area contributed by atoms with Gasteiger partial charge in [-0.3, -0.25) is 0 Å². The smallest absolute Gasteiger partial charge is 0.240 e. The Hall–Kier alpha value is -1.11. The first-order valence-electron chi connectivity index (χ1n) is 6.13. The third-order valence-electron chi connectivity index (χ3n) is 3.07. The average Bonchev–Trinajstić information content (AvgIpc) is 2.76. The predicted octanol–water partition coefficient (Wildman–Crippen LogP) is 0.522. The fourth-order valence-corrected chi connectivity index (χ4v) is 3.17. The van der Waals surface area contributed by atoms with Crippen molar-refractivity contribution in [1.29, 1.82) is 0 Å². The Bertz CT molecular complexity index is 499. The lowest BCUT2D eigenvalue weighted by Crippen LogP contribution is -2.26. The fourth-order valence-electron chi connectivity index (χ4n) is 2.13. The topological polar surface area (TPSA) is 75.4 Å². The van der Waals surface area contributed by atoms with E-state index in [0.717, 1.165) is 25.2 Å². The average molecular weight is 269 g/mol. The Morgan fingerprint density at radius 1 is 1.39 bits per heavy atom. The second-order valence-corrected chi connectivity index (χ2v) is 6.26. The summed E-state index contributed by atoms with van der Waals surface area (Å²) in [4.78, 5) is 2.48. The van der Waals surface area contributed by atoms with Crippen molar-refractivity contribution in [2.24, 2.45) is 5.73 Å². The summed E-state index contributed by atoms with van der Waals surface area (Å²) in [6.07, 6.45) is 0.984. The second kappa shape index (κ2) is 5.26. The Balaban J connectivity index is 2.15. The number of hydrogen-bond donors (Lipinski definition) is 2. The van der Waals surface area contributed by atoms with Gasteiger partial charge >= 0.3 is 0 Å². The first-order valence-corrected chi connectivity index (χ1v) is 7.61. The predicted molar refractivity (Wildman–Crippen MR) is 72.1 cm³/mol. The lowest BCUT2D eigenvalue weighted by molar-refractivity contribution is 0.584. The van der Waals surface area contributed by atoms with Gasteiger partial charge in [0.1, 0.15) is 0 Å². The van der Waals surface area contributed by atoms with Gasteiger partial charge in [-0.25, -0.2) is 13.1 Å². The number of sulfonamides is 1. The number of benzene rings is 1. The van der Waals surface area contributed by atoms with E-state index in [1.54, 1.807) is 19.1 Å². The summed E-state index contributed by atoms with van der Waals surface area (Å²) < 4.78 is 26.0. The van der Waals surface area contributed by atoms with Gasteiger partial charge in [0.05, 0.1) is 4.90 Å². The molecule has 1 aromatic carbocycles. The number of rotatable bonds is 4. The van der Waals surface area contributed by atoms with Gasteiger partial charge in [0.25, 0.3) is 0 Å². The van der Waals surface area contributed by atoms with E-state index in [0.29, 0.717) is 11.4 Å². The first-order chi connectivity index (χ1) is 8.53. The van der Waals surface area contributed by atoms with Gasteiger partial charge in [-0.1, -0.05) is 6.92 Å². The number of nitrogens with zero attached hydrogens (tertiary/aromatic N) is 1. The molecular weight excluding hydrogens is 250 g/mol. The van der Waals surface area contributed by atoms with Crippen LogP contribution in [0, 0.1) is 0 Å². The molecule has 18 heavy (non-hydrogen) atoms. The van der Waals surface area contributed by atoms with Crippen molar-refractivity contribution in [2.75, 3.05) is 24.5 Å². The molecule has 5 nitrogen and oxygen atoms in total. The molecular formula is C12H19N3O2S. The molecule has 3 N–H and O–H groups in total. The molecule has 1 saturated heterocycles. The molecule has 1 atom stereocenters. The minimum absolute atomic E-state index is 0.218. The van der Waals surface area contributed by atoms with Gasteiger partial charge in [-0.05, 0) is 30.7 Å². The van der Waals surface area contributed by atoms with Crippen molar-refractivity contribution in [3.63, 3.8) is 0 Å². The molecule has 0 aliphatic carbocycles. The summed E-state index contributed by atoms with van der Waals surface area (Å²) in [6.45, 7) is 3.92. The molecule has 0 bridgehead atoms. The Morgan fingerprint density at radius 2 is 2.06 bits per heavy atom. The molecule has 1 fully saturated rings. The van der Waals surface area contributed by atoms with E-state index in [-0.39, 0.29) is 6.04 Å². The van der Waals surface area contributed by atoms with Crippen LogP contribution in [-0.4, -0.2) is 34.1 Å². The molecule has 1 heterocycles. The third kappa shape index (κ3) is 2.82. The van der Waals surface area contributed by atoms with Crippen LogP contribution in [-0.2, 0) is 10.0 Å². The monoisotopic (exact) mass is 269 g/mol. The maximum atomic E-state index is 11.8. The van der Waals surface area contributed by atoms with Crippen LogP contribution in [0.25, 0.3) is 0 Å². The minimum Gasteiger partial charge on any atom is -0.370 e. The lowest BCUT2D eigenvalue weighted by Gasteiger charge is -2.18. The highest BCUT2D eigenvalue weighted by Crippen LogP contribution is 2.21. The molecule has 1 unspecified atom stereocenters. The zero-order valence-corrected chi connectivity index (χ0v) is 11.3. The van der Waals surface area contributed by atoms with Crippen LogP contribution in [0.4, 0.5) is 5.69 Å². The van der Waals surface area contributed by atoms with Gasteiger partial charge in [0, 0.05) is 31.4 Å². The van der Waals surface area contributed by atoms with Crippen LogP contribution < -0.4 is 15.4 Å². The van der Waals surface area contributed by atoms with E-state index in [9.17, 15) is 8.42 Å². The number of anilines is 1. The molecule has 1 aromatic rings. The quantitative estimate of drug-likeness (QED) is 0.835. The molecule has 2 rings (SSSR count). The normalized spacial score (nSPS) is 20.3. The van der Waals surface area contributed by atoms with Gasteiger partial charge in [0.2, 0.25) is 10.0 Å². The summed E-state index contributed by atoms with van der Waals surface area (Å²) in [7, 11) is -3.35. The summed E-state index contributed by atoms with van der Waals surface area (Å²) in [5.41, 5.74) is 6.88. The molecule has 0 saturated carbocycles. The van der Waals surface area contributed by atoms with Crippen molar-refractivity contribution >= 4 is 15.7 Å². The van der Waals surface area contributed by atoms with E-state index in [1.807, 2.05) is 12.1 Å². The van der Waals surface area contributed by atoms with Crippen LogP contribution in [0.5, 0.6) is 0 Å². The molecule has 6 heteroatoms. The number of nitrogens with two attached hydrogens (primary N) is 1. The van der Waals surface area contributed by atoms with Crippen LogP contribution in [0.2, 0.25) is 0 Å². The van der Waals surface area contributed by atoms with E-state index in [4.69, 9.17) is 5.73 Å². The summed E-state index contributed by atoms with van der Waals surface area (Å²) in [6, 6.07) is 7.16. The molecule has 0 aromatic heterocycles. The summed E-state index contributed by atoms with van der Waals surface area (Å²) >= 11 is 0. The second-order valence-electron chi connectivity index (χ2n) is 4.49. The summed E-state index contributed by atoms with van der Waals surface area (Å²) in [5.74, 6) is 0. The van der Waals surface area contributed by atoms with Crippen LogP contribution in [0.3, 0.4) is 0 Å². The Kier molecular flexibility index (Phi) is 3.89. The van der Waals surface area contributed by atoms with Gasteiger partial charge in [-0.2, -0.15) is 0 Å². The number of hydrogen-bond acceptors (Lipinski definition) is 4.